The molecule has 8 heterocycles. The average molecular weight is 978 g/mol. The fraction of sp³-hybridized carbons (Fsp3) is 0.527. The molecule has 72 heavy (non-hydrogen) atoms. The smallest absolute Gasteiger partial charge is 0.329 e. The predicted molar refractivity (Wildman–Crippen MR) is 274 cm³/mol. The van der Waals surface area contributed by atoms with Gasteiger partial charge in [-0.3, -0.25) is 33.9 Å². The number of halogens is 1. The van der Waals surface area contributed by atoms with Crippen LogP contribution in [0, 0.1) is 16.6 Å². The van der Waals surface area contributed by atoms with Gasteiger partial charge in [0.1, 0.15) is 28.8 Å². The molecule has 1 spiro atoms. The summed E-state index contributed by atoms with van der Waals surface area (Å²) in [6.45, 7) is 11.1. The number of anilines is 2. The van der Waals surface area contributed by atoms with Crippen LogP contribution in [0.1, 0.15) is 82.7 Å². The number of pyridine rings is 1. The molecule has 2 bridgehead atoms. The molecule has 376 valence electrons. The van der Waals surface area contributed by atoms with Gasteiger partial charge in [0.05, 0.1) is 23.0 Å². The van der Waals surface area contributed by atoms with Gasteiger partial charge < -0.3 is 29.9 Å². The Kier molecular flexibility index (Phi) is 11.1. The number of hydrogen-bond donors (Lipinski definition) is 3. The standard InChI is InChI=1S/C55H64FN11O5/c1-3-33-5-4-6-34-23-39(68)25-40(46(33)34)48-47(56)49-41(28-57-48)50(66-29-35-7-8-36(30-66)58-35)61-52(60-49)72-32-55(13-14-55)31-63-17-15-54(16-18-63)26-38(27-54)65-21-19-64(20-22-65)37-9-10-42-44(24-37)62(2)53(71)67(42)43-11-12-45(69)59-51(43)70/h4-6,9-10,23-25,28,35-36,38,43,58,68H,3,7-8,11-22,26-27,29-32H2,1-2H3,(H,59,69,70). The van der Waals surface area contributed by atoms with Crippen molar-refractivity contribution >= 4 is 56.0 Å². The van der Waals surface area contributed by atoms with Crippen molar-refractivity contribution in [1.29, 1.82) is 0 Å². The molecule has 7 fully saturated rings. The molecule has 2 saturated carbocycles. The molecule has 6 aromatic rings. The number of phenols is 1. The van der Waals surface area contributed by atoms with Crippen molar-refractivity contribution in [2.45, 2.75) is 102 Å². The van der Waals surface area contributed by atoms with Gasteiger partial charge in [0, 0.05) is 100 Å². The molecule has 3 unspecified atom stereocenters. The number of phenolic OH excluding ortho intramolecular Hbond substituents is 1. The van der Waals surface area contributed by atoms with Crippen LogP contribution >= 0.6 is 0 Å². The number of nitrogens with one attached hydrogen (secondary N) is 2. The van der Waals surface area contributed by atoms with Crippen LogP contribution in [-0.2, 0) is 23.1 Å². The topological polar surface area (TPSA) is 166 Å². The average Bonchev–Trinajstić information content (AvgIpc) is 4.00. The number of piperazine rings is 2. The first-order chi connectivity index (χ1) is 34.9. The highest BCUT2D eigenvalue weighted by molar-refractivity contribution is 6.02. The van der Waals surface area contributed by atoms with Crippen molar-refractivity contribution < 1.29 is 23.8 Å². The maximum absolute atomic E-state index is 17.2. The number of likely N-dealkylation sites (tertiary alicyclic amines) is 1. The lowest BCUT2D eigenvalue weighted by Crippen LogP contribution is -2.59. The molecule has 0 radical (unpaired) electrons. The van der Waals surface area contributed by atoms with Gasteiger partial charge in [-0.15, -0.1) is 0 Å². The summed E-state index contributed by atoms with van der Waals surface area (Å²) in [6, 6.07) is 16.2. The molecule has 5 aliphatic heterocycles. The van der Waals surface area contributed by atoms with Crippen molar-refractivity contribution in [1.82, 2.24) is 44.5 Å². The zero-order valence-electron chi connectivity index (χ0n) is 41.3. The number of hydrogen-bond acceptors (Lipinski definition) is 13. The SMILES string of the molecule is CCc1cccc2cc(O)cc(-c3ncc4c(N5CC6CCC(C5)N6)nc(OCC5(CN6CCC7(CC6)CC(N6CCN(c8ccc9c(c8)n(C)c(=O)n9C8CCC(=O)NC8=O)CC6)C7)CC5)nc4c3F)c12. The number of aromatic hydroxyl groups is 1. The summed E-state index contributed by atoms with van der Waals surface area (Å²) in [4.78, 5) is 62.4. The molecular formula is C55H64FN11O5. The molecule has 3 aromatic heterocycles. The Labute approximate surface area is 417 Å². The number of carbonyl (C=O) groups is 2. The van der Waals surface area contributed by atoms with E-state index >= 15 is 4.39 Å². The number of piperidine rings is 2. The maximum Gasteiger partial charge on any atom is 0.329 e. The maximum atomic E-state index is 17.2. The number of ether oxygens (including phenoxy) is 1. The Hall–Kier alpha value is -6.17. The molecule has 5 saturated heterocycles. The van der Waals surface area contributed by atoms with E-state index in [1.807, 2.05) is 24.3 Å². The second-order valence-electron chi connectivity index (χ2n) is 22.4. The molecule has 3 aromatic carbocycles. The Morgan fingerprint density at radius 1 is 0.875 bits per heavy atom. The van der Waals surface area contributed by atoms with Crippen LogP contribution in [0.4, 0.5) is 15.9 Å². The monoisotopic (exact) mass is 978 g/mol. The zero-order valence-corrected chi connectivity index (χ0v) is 41.3. The first-order valence-electron chi connectivity index (χ1n) is 26.4. The number of nitrogens with zero attached hydrogens (tertiary/aromatic N) is 9. The summed E-state index contributed by atoms with van der Waals surface area (Å²) in [5, 5.41) is 19.2. The van der Waals surface area contributed by atoms with Crippen molar-refractivity contribution in [3.8, 4) is 23.0 Å². The van der Waals surface area contributed by atoms with Gasteiger partial charge in [-0.2, -0.15) is 9.97 Å². The lowest BCUT2D eigenvalue weighted by Gasteiger charge is -2.56. The second-order valence-corrected chi connectivity index (χ2v) is 22.4. The van der Waals surface area contributed by atoms with E-state index in [0.717, 1.165) is 119 Å². The summed E-state index contributed by atoms with van der Waals surface area (Å²) in [7, 11) is 1.75. The number of imide groups is 1. The molecule has 2 amide bonds. The molecule has 2 aliphatic carbocycles. The second kappa shape index (κ2) is 17.5. The number of imidazole rings is 1. The summed E-state index contributed by atoms with van der Waals surface area (Å²) in [5.41, 5.74) is 4.73. The quantitative estimate of drug-likeness (QED) is 0.129. The number of aryl methyl sites for hydroxylation is 2. The van der Waals surface area contributed by atoms with Gasteiger partial charge in [-0.25, -0.2) is 9.18 Å². The predicted octanol–water partition coefficient (Wildman–Crippen LogP) is 6.05. The lowest BCUT2D eigenvalue weighted by molar-refractivity contribution is -0.135. The minimum absolute atomic E-state index is 0.0225. The summed E-state index contributed by atoms with van der Waals surface area (Å²) in [5.74, 6) is -0.521. The number of benzene rings is 3. The van der Waals surface area contributed by atoms with Crippen LogP contribution < -0.4 is 30.9 Å². The van der Waals surface area contributed by atoms with Gasteiger partial charge in [0.25, 0.3) is 0 Å². The van der Waals surface area contributed by atoms with E-state index in [9.17, 15) is 19.5 Å². The van der Waals surface area contributed by atoms with Crippen LogP contribution in [0.15, 0.2) is 59.5 Å². The largest absolute Gasteiger partial charge is 0.508 e. The third-order valence-electron chi connectivity index (χ3n) is 17.9. The first kappa shape index (κ1) is 45.7. The van der Waals surface area contributed by atoms with Crippen LogP contribution in [0.3, 0.4) is 0 Å². The molecule has 16 nitrogen and oxygen atoms in total. The lowest BCUT2D eigenvalue weighted by atomic mass is 9.60. The zero-order chi connectivity index (χ0) is 49.0. The first-order valence-corrected chi connectivity index (χ1v) is 26.4. The van der Waals surface area contributed by atoms with Crippen molar-refractivity contribution in [3.63, 3.8) is 0 Å². The molecule has 3 N–H and O–H groups in total. The number of fused-ring (bicyclic) bond motifs is 5. The highest BCUT2D eigenvalue weighted by atomic mass is 19.1. The Morgan fingerprint density at radius 3 is 2.39 bits per heavy atom. The van der Waals surface area contributed by atoms with Crippen LogP contribution in [0.25, 0.3) is 44.0 Å². The summed E-state index contributed by atoms with van der Waals surface area (Å²) < 4.78 is 27.0. The third-order valence-corrected chi connectivity index (χ3v) is 17.9. The number of aromatic nitrogens is 5. The van der Waals surface area contributed by atoms with E-state index in [1.54, 1.807) is 34.5 Å². The highest BCUT2D eigenvalue weighted by Crippen LogP contribution is 2.53. The minimum Gasteiger partial charge on any atom is -0.508 e. The van der Waals surface area contributed by atoms with Gasteiger partial charge in [0.2, 0.25) is 11.8 Å². The normalized spacial score (nSPS) is 24.4. The molecule has 17 heteroatoms. The van der Waals surface area contributed by atoms with Crippen molar-refractivity contribution in [3.05, 3.63) is 76.6 Å². The fourth-order valence-corrected chi connectivity index (χ4v) is 13.6. The molecule has 3 atom stereocenters. The van der Waals surface area contributed by atoms with Crippen LogP contribution in [0.5, 0.6) is 11.8 Å². The van der Waals surface area contributed by atoms with E-state index in [0.29, 0.717) is 58.9 Å². The molecule has 7 aliphatic rings. The van der Waals surface area contributed by atoms with Crippen molar-refractivity contribution in [2.24, 2.45) is 17.9 Å². The Bertz CT molecular complexity index is 3210. The van der Waals surface area contributed by atoms with E-state index in [-0.39, 0.29) is 46.4 Å². The fourth-order valence-electron chi connectivity index (χ4n) is 13.6. The molecule has 13 rings (SSSR count). The van der Waals surface area contributed by atoms with E-state index < -0.39 is 17.8 Å². The van der Waals surface area contributed by atoms with Gasteiger partial charge in [-0.05, 0) is 129 Å². The van der Waals surface area contributed by atoms with E-state index in [4.69, 9.17) is 19.7 Å². The Balaban J connectivity index is 0.648. The number of amides is 2. The van der Waals surface area contributed by atoms with Gasteiger partial charge >= 0.3 is 11.7 Å². The molecular weight excluding hydrogens is 914 g/mol. The van der Waals surface area contributed by atoms with Crippen LogP contribution in [0.2, 0.25) is 0 Å². The van der Waals surface area contributed by atoms with Crippen molar-refractivity contribution in [2.75, 3.05) is 75.3 Å². The summed E-state index contributed by atoms with van der Waals surface area (Å²) >= 11 is 0. The van der Waals surface area contributed by atoms with Gasteiger partial charge in [-0.1, -0.05) is 25.1 Å². The van der Waals surface area contributed by atoms with E-state index in [2.05, 4.69) is 49.3 Å². The number of rotatable bonds is 11. The number of carbonyl (C=O) groups excluding carboxylic acids is 2. The van der Waals surface area contributed by atoms with E-state index in [1.165, 1.54) is 25.7 Å². The van der Waals surface area contributed by atoms with Crippen LogP contribution in [-0.4, -0.2) is 134 Å². The Morgan fingerprint density at radius 2 is 1.65 bits per heavy atom. The highest BCUT2D eigenvalue weighted by Gasteiger charge is 2.51. The minimum atomic E-state index is -0.691. The summed E-state index contributed by atoms with van der Waals surface area (Å²) in [6.07, 6.45) is 12.3. The third kappa shape index (κ3) is 7.97. The van der Waals surface area contributed by atoms with Gasteiger partial charge in [0.15, 0.2) is 5.82 Å².